The van der Waals surface area contributed by atoms with Crippen LogP contribution in [0.2, 0.25) is 0 Å². The first kappa shape index (κ1) is 16.3. The third kappa shape index (κ3) is 17.8. The van der Waals surface area contributed by atoms with E-state index < -0.39 is 5.97 Å². The molecule has 0 aliphatic heterocycles. The van der Waals surface area contributed by atoms with Crippen LogP contribution in [-0.2, 0) is 9.53 Å². The maximum atomic E-state index is 10.4. The predicted octanol–water partition coefficient (Wildman–Crippen LogP) is 0.262. The first-order chi connectivity index (χ1) is 6.58. The zero-order valence-electron chi connectivity index (χ0n) is 7.80. The van der Waals surface area contributed by atoms with E-state index in [4.69, 9.17) is 10.2 Å². The molecule has 0 spiro atoms. The van der Waals surface area contributed by atoms with Gasteiger partial charge in [0, 0.05) is 17.1 Å². The Morgan fingerprint density at radius 2 is 1.93 bits per heavy atom. The molecule has 0 aromatic carbocycles. The fourth-order valence-corrected chi connectivity index (χ4v) is 0.535. The van der Waals surface area contributed by atoms with E-state index in [1.165, 1.54) is 0 Å². The lowest BCUT2D eigenvalue weighted by Crippen LogP contribution is -2.04. The number of ether oxygens (including phenoxy) is 1. The van der Waals surface area contributed by atoms with Gasteiger partial charge in [0.15, 0.2) is 0 Å². The van der Waals surface area contributed by atoms with Crippen LogP contribution in [0, 0.1) is 0 Å². The molecule has 14 heavy (non-hydrogen) atoms. The van der Waals surface area contributed by atoms with Crippen molar-refractivity contribution in [2.45, 2.75) is 11.0 Å². The summed E-state index contributed by atoms with van der Waals surface area (Å²) in [4.78, 5) is 10.4. The van der Waals surface area contributed by atoms with Crippen LogP contribution in [0.15, 0.2) is 12.7 Å². The van der Waals surface area contributed by atoms with Crippen LogP contribution in [0.5, 0.6) is 0 Å². The van der Waals surface area contributed by atoms with Gasteiger partial charge in [-0.15, -0.1) is 0 Å². The van der Waals surface area contributed by atoms with Crippen LogP contribution in [0.4, 0.5) is 0 Å². The van der Waals surface area contributed by atoms with Gasteiger partial charge in [0.2, 0.25) is 0 Å². The van der Waals surface area contributed by atoms with E-state index in [-0.39, 0.29) is 17.8 Å². The molecular weight excluding hydrogens is 224 g/mol. The lowest BCUT2D eigenvalue weighted by molar-refractivity contribution is -0.137. The molecule has 0 fully saturated rings. The van der Waals surface area contributed by atoms with E-state index >= 15 is 0 Å². The van der Waals surface area contributed by atoms with E-state index in [1.807, 2.05) is 0 Å². The second kappa shape index (κ2) is 12.8. The molecule has 0 heterocycles. The molecule has 0 aliphatic carbocycles. The summed E-state index contributed by atoms with van der Waals surface area (Å²) in [5, 5.41) is 15.2. The topological polar surface area (TPSA) is 66.8 Å². The van der Waals surface area contributed by atoms with Crippen LogP contribution in [0.25, 0.3) is 0 Å². The first-order valence-electron chi connectivity index (χ1n) is 3.95. The second-order valence-corrected chi connectivity index (χ2v) is 3.74. The molecule has 0 atom stereocenters. The molecule has 2 N–H and O–H groups in total. The Kier molecular flexibility index (Phi) is 14.9. The summed E-state index contributed by atoms with van der Waals surface area (Å²) in [6.07, 6.45) is 1.78. The molecule has 4 nitrogen and oxygen atoms in total. The highest BCUT2D eigenvalue weighted by Gasteiger charge is 1.97. The molecule has 0 amide bonds. The quantitative estimate of drug-likeness (QED) is 0.241. The fourth-order valence-electron chi connectivity index (χ4n) is 0.324. The summed E-state index contributed by atoms with van der Waals surface area (Å²) in [5.74, 6) is -0.401. The second-order valence-electron chi connectivity index (χ2n) is 2.09. The van der Waals surface area contributed by atoms with Crippen molar-refractivity contribution in [1.29, 1.82) is 0 Å². The molecule has 0 aromatic heterocycles. The number of carbonyl (C=O) groups is 1. The Balaban J connectivity index is 0. The van der Waals surface area contributed by atoms with Crippen LogP contribution in [0.1, 0.15) is 6.42 Å². The summed E-state index contributed by atoms with van der Waals surface area (Å²) >= 11 is 7.95. The molecule has 0 radical (unpaired) electrons. The van der Waals surface area contributed by atoms with E-state index in [0.29, 0.717) is 13.0 Å². The van der Waals surface area contributed by atoms with Gasteiger partial charge < -0.3 is 14.9 Å². The van der Waals surface area contributed by atoms with Gasteiger partial charge in [-0.2, -0.15) is 25.3 Å². The molecule has 0 saturated heterocycles. The van der Waals surface area contributed by atoms with Crippen molar-refractivity contribution in [2.24, 2.45) is 0 Å². The Bertz CT molecular complexity index is 148. The maximum absolute atomic E-state index is 10.4. The molecule has 0 bridgehead atoms. The van der Waals surface area contributed by atoms with Crippen molar-refractivity contribution in [1.82, 2.24) is 0 Å². The summed E-state index contributed by atoms with van der Waals surface area (Å²) in [6.45, 7) is 3.35. The van der Waals surface area contributed by atoms with Crippen LogP contribution in [0.3, 0.4) is 0 Å². The normalized spacial score (nSPS) is 8.93. The third-order valence-corrected chi connectivity index (χ3v) is 1.40. The number of carbonyl (C=O) groups excluding carboxylic acids is 1. The van der Waals surface area contributed by atoms with Gasteiger partial charge in [-0.05, 0) is 0 Å². The van der Waals surface area contributed by atoms with Gasteiger partial charge >= 0.3 is 5.97 Å². The van der Waals surface area contributed by atoms with Gasteiger partial charge in [-0.25, -0.2) is 4.79 Å². The van der Waals surface area contributed by atoms with E-state index in [2.05, 4.69) is 36.6 Å². The standard InChI is InChI=1S/C6H10O2S2.C2H6O2/c1-2-5(7)8-4-3-6(9)10;3-1-2-4/h2,6,9-10H,1,3-4H2;3-4H,1-2H2. The lowest BCUT2D eigenvalue weighted by Gasteiger charge is -2.02. The number of thiol groups is 2. The SMILES string of the molecule is C=CC(=O)OCCC(S)S.OCCO. The van der Waals surface area contributed by atoms with E-state index in [1.54, 1.807) is 0 Å². The molecule has 0 aliphatic rings. The summed E-state index contributed by atoms with van der Waals surface area (Å²) in [5.41, 5.74) is 0. The highest BCUT2D eigenvalue weighted by atomic mass is 32.2. The molecular formula is C8H16O4S2. The largest absolute Gasteiger partial charge is 0.462 e. The zero-order valence-corrected chi connectivity index (χ0v) is 9.58. The first-order valence-corrected chi connectivity index (χ1v) is 4.98. The lowest BCUT2D eigenvalue weighted by atomic mass is 10.5. The Morgan fingerprint density at radius 3 is 2.21 bits per heavy atom. The van der Waals surface area contributed by atoms with E-state index in [0.717, 1.165) is 6.08 Å². The number of aliphatic hydroxyl groups excluding tert-OH is 2. The molecule has 0 aromatic rings. The Morgan fingerprint density at radius 1 is 1.43 bits per heavy atom. The minimum Gasteiger partial charge on any atom is -0.462 e. The van der Waals surface area contributed by atoms with Crippen LogP contribution >= 0.6 is 25.3 Å². The summed E-state index contributed by atoms with van der Waals surface area (Å²) < 4.78 is 4.62. The highest BCUT2D eigenvalue weighted by Crippen LogP contribution is 2.04. The van der Waals surface area contributed by atoms with Crippen LogP contribution in [-0.4, -0.2) is 40.6 Å². The average Bonchev–Trinajstić information content (AvgIpc) is 2.17. The highest BCUT2D eigenvalue weighted by molar-refractivity contribution is 7.99. The number of esters is 1. The molecule has 6 heteroatoms. The molecule has 0 rings (SSSR count). The van der Waals surface area contributed by atoms with Crippen molar-refractivity contribution >= 4 is 31.2 Å². The number of rotatable bonds is 5. The minimum absolute atomic E-state index is 0.0300. The summed E-state index contributed by atoms with van der Waals surface area (Å²) in [6, 6.07) is 0. The number of aliphatic hydroxyl groups is 2. The van der Waals surface area contributed by atoms with E-state index in [9.17, 15) is 4.79 Å². The maximum Gasteiger partial charge on any atom is 0.330 e. The number of hydrogen-bond acceptors (Lipinski definition) is 6. The van der Waals surface area contributed by atoms with Crippen molar-refractivity contribution in [3.63, 3.8) is 0 Å². The Hall–Kier alpha value is -0.170. The van der Waals surface area contributed by atoms with Gasteiger partial charge in [0.05, 0.1) is 19.8 Å². The Labute approximate surface area is 94.8 Å². The number of hydrogen-bond donors (Lipinski definition) is 4. The molecule has 0 unspecified atom stereocenters. The minimum atomic E-state index is -0.401. The molecule has 0 saturated carbocycles. The smallest absolute Gasteiger partial charge is 0.330 e. The average molecular weight is 240 g/mol. The van der Waals surface area contributed by atoms with Gasteiger partial charge in [-0.3, -0.25) is 0 Å². The monoisotopic (exact) mass is 240 g/mol. The van der Waals surface area contributed by atoms with Crippen molar-refractivity contribution in [3.8, 4) is 0 Å². The predicted molar refractivity (Wildman–Crippen MR) is 61.7 cm³/mol. The fraction of sp³-hybridized carbons (Fsp3) is 0.625. The third-order valence-electron chi connectivity index (χ3n) is 0.887. The van der Waals surface area contributed by atoms with Crippen molar-refractivity contribution in [2.75, 3.05) is 19.8 Å². The van der Waals surface area contributed by atoms with Crippen molar-refractivity contribution in [3.05, 3.63) is 12.7 Å². The van der Waals surface area contributed by atoms with Gasteiger partial charge in [-0.1, -0.05) is 6.58 Å². The summed E-state index contributed by atoms with van der Waals surface area (Å²) in [7, 11) is 0. The zero-order chi connectivity index (χ0) is 11.4. The van der Waals surface area contributed by atoms with Crippen LogP contribution < -0.4 is 0 Å². The van der Waals surface area contributed by atoms with Gasteiger partial charge in [0.25, 0.3) is 0 Å². The van der Waals surface area contributed by atoms with Crippen molar-refractivity contribution < 1.29 is 19.7 Å². The van der Waals surface area contributed by atoms with Gasteiger partial charge in [0.1, 0.15) is 0 Å². The molecule has 84 valence electrons.